The van der Waals surface area contributed by atoms with Gasteiger partial charge in [-0.1, -0.05) is 17.5 Å². The Bertz CT molecular complexity index is 404. The van der Waals surface area contributed by atoms with Gasteiger partial charge in [0.15, 0.2) is 12.1 Å². The van der Waals surface area contributed by atoms with Crippen molar-refractivity contribution in [1.29, 1.82) is 0 Å². The summed E-state index contributed by atoms with van der Waals surface area (Å²) in [5, 5.41) is 4.41. The van der Waals surface area contributed by atoms with Crippen molar-refractivity contribution in [2.24, 2.45) is 0 Å². The van der Waals surface area contributed by atoms with Crippen LogP contribution < -0.4 is 0 Å². The van der Waals surface area contributed by atoms with Crippen molar-refractivity contribution in [1.82, 2.24) is 9.78 Å². The predicted molar refractivity (Wildman–Crippen MR) is 56.4 cm³/mol. The van der Waals surface area contributed by atoms with Crippen LogP contribution in [0.25, 0.3) is 0 Å². The van der Waals surface area contributed by atoms with E-state index >= 15 is 0 Å². The quantitative estimate of drug-likeness (QED) is 0.579. The van der Waals surface area contributed by atoms with Gasteiger partial charge >= 0.3 is 5.97 Å². The minimum Gasteiger partial charge on any atom is -0.451 e. The molecular weight excluding hydrogens is 216 g/mol. The average Bonchev–Trinajstić information content (AvgIpc) is 2.61. The van der Waals surface area contributed by atoms with Gasteiger partial charge in [-0.3, -0.25) is 4.68 Å². The SMILES string of the molecule is C#CCOC(=O)C(C)(C)n1cc(Cl)cn1. The van der Waals surface area contributed by atoms with Crippen molar-refractivity contribution >= 4 is 17.6 Å². The first-order valence-electron chi connectivity index (χ1n) is 4.30. The molecule has 0 aliphatic carbocycles. The Hall–Kier alpha value is -1.47. The van der Waals surface area contributed by atoms with Crippen molar-refractivity contribution in [3.05, 3.63) is 17.4 Å². The van der Waals surface area contributed by atoms with E-state index in [9.17, 15) is 4.79 Å². The summed E-state index contributed by atoms with van der Waals surface area (Å²) in [6, 6.07) is 0. The van der Waals surface area contributed by atoms with Gasteiger partial charge in [-0.05, 0) is 13.8 Å². The Kier molecular flexibility index (Phi) is 3.38. The number of halogens is 1. The lowest BCUT2D eigenvalue weighted by molar-refractivity contribution is -0.151. The van der Waals surface area contributed by atoms with E-state index < -0.39 is 11.5 Å². The highest BCUT2D eigenvalue weighted by Crippen LogP contribution is 2.18. The van der Waals surface area contributed by atoms with Crippen LogP contribution in [0.1, 0.15) is 13.8 Å². The molecule has 1 aromatic heterocycles. The molecule has 5 heteroatoms. The Labute approximate surface area is 93.2 Å². The minimum absolute atomic E-state index is 0.0444. The monoisotopic (exact) mass is 226 g/mol. The third-order valence-corrected chi connectivity index (χ3v) is 2.11. The fourth-order valence-corrected chi connectivity index (χ4v) is 1.12. The van der Waals surface area contributed by atoms with E-state index in [0.717, 1.165) is 0 Å². The van der Waals surface area contributed by atoms with E-state index in [1.54, 1.807) is 20.0 Å². The molecular formula is C10H11ClN2O2. The molecule has 0 atom stereocenters. The number of carbonyl (C=O) groups excluding carboxylic acids is 1. The first-order valence-corrected chi connectivity index (χ1v) is 4.67. The number of hydrogen-bond acceptors (Lipinski definition) is 3. The molecule has 0 radical (unpaired) electrons. The lowest BCUT2D eigenvalue weighted by atomic mass is 10.1. The van der Waals surface area contributed by atoms with Crippen molar-refractivity contribution in [3.8, 4) is 12.3 Å². The summed E-state index contributed by atoms with van der Waals surface area (Å²) >= 11 is 5.71. The molecule has 0 aliphatic heterocycles. The van der Waals surface area contributed by atoms with Gasteiger partial charge in [0.1, 0.15) is 0 Å². The zero-order chi connectivity index (χ0) is 11.5. The fourth-order valence-electron chi connectivity index (χ4n) is 0.984. The van der Waals surface area contributed by atoms with Crippen molar-refractivity contribution in [3.63, 3.8) is 0 Å². The summed E-state index contributed by atoms with van der Waals surface area (Å²) in [5.74, 6) is 1.78. The normalized spacial score (nSPS) is 10.8. The number of rotatable bonds is 3. The van der Waals surface area contributed by atoms with E-state index in [1.807, 2.05) is 0 Å². The van der Waals surface area contributed by atoms with Crippen LogP contribution in [0.5, 0.6) is 0 Å². The van der Waals surface area contributed by atoms with Gasteiger partial charge in [0, 0.05) is 6.20 Å². The van der Waals surface area contributed by atoms with Crippen LogP contribution in [0.2, 0.25) is 5.02 Å². The molecule has 0 aromatic carbocycles. The summed E-state index contributed by atoms with van der Waals surface area (Å²) in [5.41, 5.74) is -0.913. The van der Waals surface area contributed by atoms with Gasteiger partial charge in [0.05, 0.1) is 11.2 Å². The summed E-state index contributed by atoms with van der Waals surface area (Å²) < 4.78 is 6.28. The van der Waals surface area contributed by atoms with Crippen LogP contribution in [0.15, 0.2) is 12.4 Å². The van der Waals surface area contributed by atoms with E-state index in [4.69, 9.17) is 22.8 Å². The summed E-state index contributed by atoms with van der Waals surface area (Å²) in [4.78, 5) is 11.6. The number of nitrogens with zero attached hydrogens (tertiary/aromatic N) is 2. The van der Waals surface area contributed by atoms with Crippen LogP contribution in [-0.2, 0) is 15.1 Å². The molecule has 80 valence electrons. The molecule has 0 saturated carbocycles. The van der Waals surface area contributed by atoms with Gasteiger partial charge in [-0.2, -0.15) is 5.10 Å². The molecule has 0 spiro atoms. The largest absolute Gasteiger partial charge is 0.451 e. The standard InChI is InChI=1S/C10H11ClN2O2/c1-4-5-15-9(14)10(2,3)13-7-8(11)6-12-13/h1,6-7H,5H2,2-3H3. The van der Waals surface area contributed by atoms with Crippen LogP contribution in [0.3, 0.4) is 0 Å². The molecule has 0 aliphatic rings. The van der Waals surface area contributed by atoms with Crippen molar-refractivity contribution in [2.75, 3.05) is 6.61 Å². The van der Waals surface area contributed by atoms with Crippen molar-refractivity contribution < 1.29 is 9.53 Å². The third-order valence-electron chi connectivity index (χ3n) is 1.91. The maximum Gasteiger partial charge on any atom is 0.334 e. The number of hydrogen-bond donors (Lipinski definition) is 0. The summed E-state index contributed by atoms with van der Waals surface area (Å²) in [7, 11) is 0. The summed E-state index contributed by atoms with van der Waals surface area (Å²) in [6.07, 6.45) is 8.00. The third kappa shape index (κ3) is 2.51. The van der Waals surface area contributed by atoms with E-state index in [-0.39, 0.29) is 6.61 Å². The second-order valence-electron chi connectivity index (χ2n) is 3.44. The lowest BCUT2D eigenvalue weighted by Crippen LogP contribution is -2.37. The van der Waals surface area contributed by atoms with Crippen LogP contribution in [0.4, 0.5) is 0 Å². The summed E-state index contributed by atoms with van der Waals surface area (Å²) in [6.45, 7) is 3.31. The van der Waals surface area contributed by atoms with Gasteiger partial charge in [0.25, 0.3) is 0 Å². The van der Waals surface area contributed by atoms with Gasteiger partial charge in [-0.15, -0.1) is 6.42 Å². The highest BCUT2D eigenvalue weighted by Gasteiger charge is 2.32. The maximum atomic E-state index is 11.6. The molecule has 0 unspecified atom stereocenters. The Balaban J connectivity index is 2.83. The molecule has 0 bridgehead atoms. The first-order chi connectivity index (χ1) is 6.98. The first kappa shape index (κ1) is 11.6. The second-order valence-corrected chi connectivity index (χ2v) is 3.88. The molecule has 0 fully saturated rings. The van der Waals surface area contributed by atoms with Crippen LogP contribution >= 0.6 is 11.6 Å². The Morgan fingerprint density at radius 1 is 1.80 bits per heavy atom. The molecule has 1 aromatic rings. The molecule has 0 saturated heterocycles. The fraction of sp³-hybridized carbons (Fsp3) is 0.400. The van der Waals surface area contributed by atoms with E-state index in [2.05, 4.69) is 11.0 Å². The topological polar surface area (TPSA) is 44.1 Å². The van der Waals surface area contributed by atoms with Crippen LogP contribution in [0, 0.1) is 12.3 Å². The molecule has 1 rings (SSSR count). The zero-order valence-electron chi connectivity index (χ0n) is 8.53. The zero-order valence-corrected chi connectivity index (χ0v) is 9.28. The molecule has 4 nitrogen and oxygen atoms in total. The highest BCUT2D eigenvalue weighted by molar-refractivity contribution is 6.30. The molecule has 0 amide bonds. The molecule has 0 N–H and O–H groups in total. The number of ether oxygens (including phenoxy) is 1. The van der Waals surface area contributed by atoms with Gasteiger partial charge in [-0.25, -0.2) is 4.79 Å². The maximum absolute atomic E-state index is 11.6. The molecule has 15 heavy (non-hydrogen) atoms. The van der Waals surface area contributed by atoms with E-state index in [0.29, 0.717) is 5.02 Å². The second kappa shape index (κ2) is 4.37. The number of esters is 1. The minimum atomic E-state index is -0.913. The van der Waals surface area contributed by atoms with Gasteiger partial charge < -0.3 is 4.74 Å². The molecule has 1 heterocycles. The Morgan fingerprint density at radius 2 is 2.47 bits per heavy atom. The van der Waals surface area contributed by atoms with Crippen molar-refractivity contribution in [2.45, 2.75) is 19.4 Å². The smallest absolute Gasteiger partial charge is 0.334 e. The van der Waals surface area contributed by atoms with E-state index in [1.165, 1.54) is 10.9 Å². The number of aromatic nitrogens is 2. The van der Waals surface area contributed by atoms with Crippen LogP contribution in [-0.4, -0.2) is 22.4 Å². The number of terminal acetylenes is 1. The van der Waals surface area contributed by atoms with Gasteiger partial charge in [0.2, 0.25) is 0 Å². The predicted octanol–water partition coefficient (Wildman–Crippen LogP) is 1.45. The highest BCUT2D eigenvalue weighted by atomic mass is 35.5. The Morgan fingerprint density at radius 3 is 2.93 bits per heavy atom. The average molecular weight is 227 g/mol. The lowest BCUT2D eigenvalue weighted by Gasteiger charge is -2.22. The number of carbonyl (C=O) groups is 1.